The molecule has 5 heterocycles. The van der Waals surface area contributed by atoms with E-state index in [2.05, 4.69) is 86.6 Å². The first-order valence-corrected chi connectivity index (χ1v) is 19.9. The van der Waals surface area contributed by atoms with Crippen molar-refractivity contribution in [1.82, 2.24) is 25.5 Å². The van der Waals surface area contributed by atoms with Crippen molar-refractivity contribution in [3.8, 4) is 33.5 Å². The summed E-state index contributed by atoms with van der Waals surface area (Å²) in [7, 11) is 0. The Hall–Kier alpha value is -6.72. The molecule has 3 aliphatic heterocycles. The van der Waals surface area contributed by atoms with Gasteiger partial charge in [-0.3, -0.25) is 39.4 Å². The number of fused-ring (bicyclic) bond motifs is 3. The van der Waals surface area contributed by atoms with Gasteiger partial charge in [0.2, 0.25) is 17.7 Å². The van der Waals surface area contributed by atoms with E-state index in [1.54, 1.807) is 12.3 Å². The molecule has 0 aliphatic carbocycles. The van der Waals surface area contributed by atoms with Crippen LogP contribution in [0.3, 0.4) is 0 Å². The second-order valence-corrected chi connectivity index (χ2v) is 15.4. The Morgan fingerprint density at radius 3 is 2.48 bits per heavy atom. The zero-order chi connectivity index (χ0) is 39.9. The normalized spacial score (nSPS) is 17.8. The molecule has 1 unspecified atom stereocenters. The Kier molecular flexibility index (Phi) is 9.74. The van der Waals surface area contributed by atoms with Crippen molar-refractivity contribution in [1.29, 1.82) is 0 Å². The van der Waals surface area contributed by atoms with Crippen molar-refractivity contribution < 1.29 is 19.2 Å². The molecule has 4 N–H and O–H groups in total. The molecular formula is C47H43N7O4. The van der Waals surface area contributed by atoms with E-state index in [-0.39, 0.29) is 35.7 Å². The Morgan fingerprint density at radius 2 is 1.66 bits per heavy atom. The maximum absolute atomic E-state index is 13.3. The topological polar surface area (TPSA) is 145 Å². The Bertz CT molecular complexity index is 2640. The minimum Gasteiger partial charge on any atom is -0.380 e. The number of nitrogens with one attached hydrogen (secondary N) is 4. The van der Waals surface area contributed by atoms with Crippen molar-refractivity contribution >= 4 is 45.8 Å². The number of carbonyl (C=O) groups excluding carboxylic acids is 4. The summed E-state index contributed by atoms with van der Waals surface area (Å²) in [5.41, 5.74) is 12.2. The van der Waals surface area contributed by atoms with E-state index in [0.29, 0.717) is 44.6 Å². The average molecular weight is 770 g/mol. The van der Waals surface area contributed by atoms with Gasteiger partial charge in [0.1, 0.15) is 5.69 Å². The fourth-order valence-electron chi connectivity index (χ4n) is 8.48. The molecular weight excluding hydrogens is 727 g/mol. The third kappa shape index (κ3) is 7.20. The van der Waals surface area contributed by atoms with Crippen molar-refractivity contribution in [3.05, 3.63) is 131 Å². The summed E-state index contributed by atoms with van der Waals surface area (Å²) in [6.45, 7) is 5.74. The lowest BCUT2D eigenvalue weighted by molar-refractivity contribution is -0.137. The van der Waals surface area contributed by atoms with Crippen LogP contribution in [0, 0.1) is 0 Å². The predicted molar refractivity (Wildman–Crippen MR) is 225 cm³/mol. The number of anilines is 2. The van der Waals surface area contributed by atoms with Gasteiger partial charge in [0.15, 0.2) is 0 Å². The zero-order valence-electron chi connectivity index (χ0n) is 32.4. The number of nitrogens with zero attached hydrogens (tertiary/aromatic N) is 3. The number of carbonyl (C=O) groups is 4. The van der Waals surface area contributed by atoms with Crippen LogP contribution in [0.1, 0.15) is 65.9 Å². The van der Waals surface area contributed by atoms with E-state index in [0.717, 1.165) is 73.2 Å². The minimum atomic E-state index is -0.320. The maximum Gasteiger partial charge on any atom is 0.270 e. The molecule has 0 radical (unpaired) electrons. The van der Waals surface area contributed by atoms with Crippen LogP contribution >= 0.6 is 0 Å². The Labute approximate surface area is 336 Å². The van der Waals surface area contributed by atoms with Crippen LogP contribution in [-0.4, -0.2) is 50.6 Å². The molecule has 290 valence electrons. The van der Waals surface area contributed by atoms with Gasteiger partial charge < -0.3 is 16.0 Å². The maximum atomic E-state index is 13.3. The third-order valence-corrected chi connectivity index (χ3v) is 11.5. The van der Waals surface area contributed by atoms with Gasteiger partial charge in [0.25, 0.3) is 5.91 Å². The molecule has 4 amide bonds. The van der Waals surface area contributed by atoms with Gasteiger partial charge in [0, 0.05) is 67.4 Å². The van der Waals surface area contributed by atoms with Crippen molar-refractivity contribution in [3.63, 3.8) is 0 Å². The van der Waals surface area contributed by atoms with Gasteiger partial charge in [-0.15, -0.1) is 0 Å². The van der Waals surface area contributed by atoms with Crippen molar-refractivity contribution in [2.45, 2.75) is 71.2 Å². The highest BCUT2D eigenvalue weighted by molar-refractivity contribution is 6.06. The summed E-state index contributed by atoms with van der Waals surface area (Å²) >= 11 is 0. The number of hydrogen-bond acceptors (Lipinski definition) is 8. The van der Waals surface area contributed by atoms with Crippen LogP contribution in [0.4, 0.5) is 11.4 Å². The number of amides is 4. The highest BCUT2D eigenvalue weighted by Gasteiger charge is 2.35. The predicted octanol–water partition coefficient (Wildman–Crippen LogP) is 7.39. The van der Waals surface area contributed by atoms with Gasteiger partial charge >= 0.3 is 0 Å². The van der Waals surface area contributed by atoms with E-state index in [1.165, 1.54) is 11.1 Å². The number of benzene rings is 4. The minimum absolute atomic E-state index is 0.000493. The fraction of sp³-hybridized carbons (Fsp3) is 0.234. The molecule has 4 aromatic carbocycles. The fourth-order valence-corrected chi connectivity index (χ4v) is 8.48. The molecule has 2 atom stereocenters. The molecule has 1 fully saturated rings. The van der Waals surface area contributed by atoms with E-state index < -0.39 is 0 Å². The highest BCUT2D eigenvalue weighted by atomic mass is 16.2. The smallest absolute Gasteiger partial charge is 0.270 e. The molecule has 0 spiro atoms. The lowest BCUT2D eigenvalue weighted by Gasteiger charge is -2.29. The van der Waals surface area contributed by atoms with Gasteiger partial charge in [0.05, 0.1) is 23.1 Å². The number of pyridine rings is 2. The highest BCUT2D eigenvalue weighted by Crippen LogP contribution is 2.41. The van der Waals surface area contributed by atoms with Crippen LogP contribution in [-0.2, 0) is 40.4 Å². The Balaban J connectivity index is 0.892. The van der Waals surface area contributed by atoms with E-state index in [1.807, 2.05) is 49.5 Å². The molecule has 11 heteroatoms. The van der Waals surface area contributed by atoms with Gasteiger partial charge in [-0.05, 0) is 100 Å². The lowest BCUT2D eigenvalue weighted by atomic mass is 9.94. The Morgan fingerprint density at radius 1 is 0.810 bits per heavy atom. The van der Waals surface area contributed by atoms with Gasteiger partial charge in [-0.2, -0.15) is 0 Å². The summed E-state index contributed by atoms with van der Waals surface area (Å²) in [5, 5.41) is 14.2. The van der Waals surface area contributed by atoms with Crippen LogP contribution in [0.5, 0.6) is 0 Å². The quantitative estimate of drug-likeness (QED) is 0.117. The molecule has 3 aliphatic rings. The molecule has 0 bridgehead atoms. The lowest BCUT2D eigenvalue weighted by Crippen LogP contribution is -2.50. The first-order valence-electron chi connectivity index (χ1n) is 19.9. The molecule has 58 heavy (non-hydrogen) atoms. The summed E-state index contributed by atoms with van der Waals surface area (Å²) in [5.74, 6) is -0.707. The number of hydrogen-bond donors (Lipinski definition) is 4. The zero-order valence-corrected chi connectivity index (χ0v) is 32.4. The van der Waals surface area contributed by atoms with Crippen LogP contribution in [0.25, 0.3) is 44.3 Å². The summed E-state index contributed by atoms with van der Waals surface area (Å²) < 4.78 is 0. The molecule has 11 nitrogen and oxygen atoms in total. The summed E-state index contributed by atoms with van der Waals surface area (Å²) in [6.07, 6.45) is 5.67. The molecule has 9 rings (SSSR count). The van der Waals surface area contributed by atoms with E-state index in [9.17, 15) is 19.2 Å². The van der Waals surface area contributed by atoms with E-state index >= 15 is 0 Å². The second-order valence-electron chi connectivity index (χ2n) is 15.4. The van der Waals surface area contributed by atoms with Gasteiger partial charge in [-0.25, -0.2) is 0 Å². The molecule has 1 saturated heterocycles. The summed E-state index contributed by atoms with van der Waals surface area (Å²) in [6, 6.07) is 30.1. The summed E-state index contributed by atoms with van der Waals surface area (Å²) in [4.78, 5) is 61.7. The van der Waals surface area contributed by atoms with Crippen molar-refractivity contribution in [2.24, 2.45) is 0 Å². The van der Waals surface area contributed by atoms with Crippen molar-refractivity contribution in [2.75, 3.05) is 10.6 Å². The average Bonchev–Trinajstić information content (AvgIpc) is 3.61. The SMILES string of the molecule is CCc1cc2c(c(-c3cccc4cc(-c5ccc(C(=O)NCc6cccc(-c7cccc8c7CN(C7CCC(=O)NC7=O)C8)c6)nc5)ncc34)c1)N[C@H](C)CC(=O)N2. The number of aryl methyl sites for hydroxylation is 1. The number of aromatic nitrogens is 2. The second kappa shape index (κ2) is 15.3. The first kappa shape index (κ1) is 36.9. The van der Waals surface area contributed by atoms with E-state index in [4.69, 9.17) is 4.98 Å². The molecule has 6 aromatic rings. The standard InChI is InChI=1S/C47H43N7O4/c1-3-28-19-36(45-41(20-28)52-44(56)17-27(2)51-45)35-12-5-9-31-21-40(49-24-37(31)35)32-13-14-39(48-23-32)46(57)50-22-29-7-4-8-30(18-29)34-11-6-10-33-25-54(26-38(33)34)42-15-16-43(55)53-47(42)58/h4-14,18-21,23-24,27,42,51H,3,15-17,22,25-26H2,1-2H3,(H,50,57)(H,52,56)(H,53,55,58)/t27-,42?/m1/s1. The first-order chi connectivity index (χ1) is 28.2. The number of rotatable bonds is 8. The number of imide groups is 1. The third-order valence-electron chi connectivity index (χ3n) is 11.5. The van der Waals surface area contributed by atoms with Crippen LogP contribution in [0.2, 0.25) is 0 Å². The molecule has 0 saturated carbocycles. The number of piperidine rings is 1. The van der Waals surface area contributed by atoms with Crippen LogP contribution < -0.4 is 21.3 Å². The van der Waals surface area contributed by atoms with Crippen LogP contribution in [0.15, 0.2) is 103 Å². The largest absolute Gasteiger partial charge is 0.380 e. The monoisotopic (exact) mass is 769 g/mol. The molecule has 2 aromatic heterocycles. The van der Waals surface area contributed by atoms with Gasteiger partial charge in [-0.1, -0.05) is 61.5 Å².